The number of hydrogen-bond donors (Lipinski definition) is 0. The highest BCUT2D eigenvalue weighted by Gasteiger charge is 2.23. The zero-order valence-corrected chi connectivity index (χ0v) is 16.0. The number of sulfonamides is 1. The summed E-state index contributed by atoms with van der Waals surface area (Å²) >= 11 is 0. The van der Waals surface area contributed by atoms with Crippen molar-refractivity contribution in [1.29, 1.82) is 0 Å². The number of methoxy groups -OCH3 is 1. The molecule has 1 heterocycles. The Labute approximate surface area is 150 Å². The minimum atomic E-state index is -3.46. The van der Waals surface area contributed by atoms with E-state index >= 15 is 0 Å². The van der Waals surface area contributed by atoms with E-state index in [-0.39, 0.29) is 18.9 Å². The van der Waals surface area contributed by atoms with Gasteiger partial charge in [0.2, 0.25) is 15.9 Å². The number of likely N-dealkylation sites (N-methyl/N-ethyl adjacent to an activating group) is 1. The van der Waals surface area contributed by atoms with Crippen LogP contribution in [0, 0.1) is 0 Å². The van der Waals surface area contributed by atoms with Gasteiger partial charge in [0, 0.05) is 39.1 Å². The summed E-state index contributed by atoms with van der Waals surface area (Å²) < 4.78 is 30.6. The van der Waals surface area contributed by atoms with E-state index in [1.165, 1.54) is 4.31 Å². The molecular formula is C17H27N3O4S. The first-order valence-electron chi connectivity index (χ1n) is 8.47. The van der Waals surface area contributed by atoms with Gasteiger partial charge >= 0.3 is 0 Å². The molecule has 0 atom stereocenters. The molecule has 140 valence electrons. The van der Waals surface area contributed by atoms with Crippen LogP contribution in [-0.2, 0) is 14.8 Å². The van der Waals surface area contributed by atoms with Crippen LogP contribution in [0.2, 0.25) is 0 Å². The fourth-order valence-corrected chi connectivity index (χ4v) is 3.83. The Kier molecular flexibility index (Phi) is 6.66. The second-order valence-electron chi connectivity index (χ2n) is 6.10. The molecule has 0 radical (unpaired) electrons. The van der Waals surface area contributed by atoms with Gasteiger partial charge in [-0.05, 0) is 30.8 Å². The van der Waals surface area contributed by atoms with Gasteiger partial charge in [-0.3, -0.25) is 9.10 Å². The third-order valence-corrected chi connectivity index (χ3v) is 5.66. The lowest BCUT2D eigenvalue weighted by atomic mass is 10.2. The van der Waals surface area contributed by atoms with E-state index in [9.17, 15) is 13.2 Å². The largest absolute Gasteiger partial charge is 0.497 e. The highest BCUT2D eigenvalue weighted by atomic mass is 32.2. The fraction of sp³-hybridized carbons (Fsp3) is 0.588. The molecule has 0 aliphatic carbocycles. The molecule has 7 nitrogen and oxygen atoms in total. The molecule has 0 N–H and O–H groups in total. The smallest absolute Gasteiger partial charge is 0.232 e. The van der Waals surface area contributed by atoms with Gasteiger partial charge in [-0.15, -0.1) is 0 Å². The van der Waals surface area contributed by atoms with Crippen LogP contribution < -0.4 is 9.04 Å². The zero-order chi connectivity index (χ0) is 18.4. The van der Waals surface area contributed by atoms with Crippen molar-refractivity contribution < 1.29 is 17.9 Å². The van der Waals surface area contributed by atoms with Crippen LogP contribution in [0.3, 0.4) is 0 Å². The van der Waals surface area contributed by atoms with Crippen molar-refractivity contribution in [3.05, 3.63) is 24.3 Å². The second kappa shape index (κ2) is 8.53. The van der Waals surface area contributed by atoms with Crippen molar-refractivity contribution in [3.63, 3.8) is 0 Å². The van der Waals surface area contributed by atoms with Crippen LogP contribution in [0.4, 0.5) is 5.69 Å². The molecule has 25 heavy (non-hydrogen) atoms. The maximum absolute atomic E-state index is 12.4. The highest BCUT2D eigenvalue weighted by Crippen LogP contribution is 2.22. The number of benzene rings is 1. The number of nitrogens with zero attached hydrogens (tertiary/aromatic N) is 3. The predicted molar refractivity (Wildman–Crippen MR) is 98.5 cm³/mol. The number of rotatable bonds is 7. The maximum Gasteiger partial charge on any atom is 0.232 e. The van der Waals surface area contributed by atoms with Crippen LogP contribution in [0.1, 0.15) is 13.3 Å². The Morgan fingerprint density at radius 1 is 1.16 bits per heavy atom. The van der Waals surface area contributed by atoms with E-state index in [0.29, 0.717) is 24.5 Å². The predicted octanol–water partition coefficient (Wildman–Crippen LogP) is 1.02. The summed E-state index contributed by atoms with van der Waals surface area (Å²) in [4.78, 5) is 16.5. The Bertz CT molecular complexity index is 668. The Balaban J connectivity index is 1.99. The fourth-order valence-electron chi connectivity index (χ4n) is 2.90. The highest BCUT2D eigenvalue weighted by molar-refractivity contribution is 7.92. The Morgan fingerprint density at radius 2 is 1.76 bits per heavy atom. The summed E-state index contributed by atoms with van der Waals surface area (Å²) in [5.41, 5.74) is 0.534. The molecule has 1 aromatic rings. The number of hydrogen-bond acceptors (Lipinski definition) is 5. The van der Waals surface area contributed by atoms with Crippen molar-refractivity contribution in [2.24, 2.45) is 0 Å². The van der Waals surface area contributed by atoms with Crippen molar-refractivity contribution in [2.75, 3.05) is 56.9 Å². The third-order valence-electron chi connectivity index (χ3n) is 4.46. The first-order valence-corrected chi connectivity index (χ1v) is 10.3. The lowest BCUT2D eigenvalue weighted by molar-refractivity contribution is -0.132. The lowest BCUT2D eigenvalue weighted by Crippen LogP contribution is -2.49. The van der Waals surface area contributed by atoms with E-state index in [1.807, 2.05) is 4.90 Å². The molecule has 0 bridgehead atoms. The molecule has 0 aromatic heterocycles. The average molecular weight is 369 g/mol. The zero-order valence-electron chi connectivity index (χ0n) is 15.1. The quantitative estimate of drug-likeness (QED) is 0.718. The van der Waals surface area contributed by atoms with Crippen molar-refractivity contribution >= 4 is 21.6 Å². The topological polar surface area (TPSA) is 70.2 Å². The molecule has 0 spiro atoms. The van der Waals surface area contributed by atoms with Gasteiger partial charge in [-0.2, -0.15) is 0 Å². The summed E-state index contributed by atoms with van der Waals surface area (Å²) in [5, 5.41) is 0. The van der Waals surface area contributed by atoms with Crippen molar-refractivity contribution in [3.8, 4) is 5.75 Å². The summed E-state index contributed by atoms with van der Waals surface area (Å²) in [7, 11) is -1.91. The van der Waals surface area contributed by atoms with E-state index in [2.05, 4.69) is 11.8 Å². The minimum Gasteiger partial charge on any atom is -0.497 e. The van der Waals surface area contributed by atoms with Gasteiger partial charge in [0.05, 0.1) is 19.1 Å². The average Bonchev–Trinajstić information content (AvgIpc) is 2.61. The SMILES string of the molecule is CCN1CCN(C(=O)CCN(c2ccc(OC)cc2)S(C)(=O)=O)CC1. The van der Waals surface area contributed by atoms with E-state index in [0.717, 1.165) is 25.9 Å². The molecule has 1 fully saturated rings. The van der Waals surface area contributed by atoms with Crippen LogP contribution in [-0.4, -0.2) is 76.8 Å². The van der Waals surface area contributed by atoms with E-state index < -0.39 is 10.0 Å². The second-order valence-corrected chi connectivity index (χ2v) is 8.01. The van der Waals surface area contributed by atoms with Crippen LogP contribution >= 0.6 is 0 Å². The molecule has 8 heteroatoms. The normalized spacial score (nSPS) is 15.9. The maximum atomic E-state index is 12.4. The van der Waals surface area contributed by atoms with Gasteiger partial charge in [0.25, 0.3) is 0 Å². The van der Waals surface area contributed by atoms with Gasteiger partial charge in [0.1, 0.15) is 5.75 Å². The Hall–Kier alpha value is -1.80. The molecule has 1 amide bonds. The van der Waals surface area contributed by atoms with Crippen molar-refractivity contribution in [2.45, 2.75) is 13.3 Å². The minimum absolute atomic E-state index is 0.00193. The summed E-state index contributed by atoms with van der Waals surface area (Å²) in [6, 6.07) is 6.79. The third kappa shape index (κ3) is 5.34. The molecule has 2 rings (SSSR count). The van der Waals surface area contributed by atoms with Crippen LogP contribution in [0.25, 0.3) is 0 Å². The first kappa shape index (κ1) is 19.5. The summed E-state index contributed by atoms with van der Waals surface area (Å²) in [6.07, 6.45) is 1.33. The number of amides is 1. The monoisotopic (exact) mass is 369 g/mol. The van der Waals surface area contributed by atoms with Crippen LogP contribution in [0.15, 0.2) is 24.3 Å². The number of anilines is 1. The molecule has 1 aliphatic heterocycles. The van der Waals surface area contributed by atoms with E-state index in [1.54, 1.807) is 31.4 Å². The number of ether oxygens (including phenoxy) is 1. The standard InChI is InChI=1S/C17H27N3O4S/c1-4-18-11-13-19(14-12-18)17(21)9-10-20(25(3,22)23)15-5-7-16(24-2)8-6-15/h5-8H,4,9-14H2,1-3H3. The number of piperazine rings is 1. The van der Waals surface area contributed by atoms with Crippen molar-refractivity contribution in [1.82, 2.24) is 9.80 Å². The van der Waals surface area contributed by atoms with E-state index in [4.69, 9.17) is 4.74 Å². The molecule has 0 unspecified atom stereocenters. The summed E-state index contributed by atoms with van der Waals surface area (Å²) in [6.45, 7) is 6.38. The molecular weight excluding hydrogens is 342 g/mol. The summed E-state index contributed by atoms with van der Waals surface area (Å²) in [5.74, 6) is 0.653. The number of carbonyl (C=O) groups is 1. The first-order chi connectivity index (χ1) is 11.8. The Morgan fingerprint density at radius 3 is 2.24 bits per heavy atom. The van der Waals surface area contributed by atoms with Gasteiger partial charge in [-0.25, -0.2) is 8.42 Å². The van der Waals surface area contributed by atoms with Gasteiger partial charge in [-0.1, -0.05) is 6.92 Å². The molecule has 1 aromatic carbocycles. The molecule has 1 saturated heterocycles. The van der Waals surface area contributed by atoms with Gasteiger partial charge in [0.15, 0.2) is 0 Å². The lowest BCUT2D eigenvalue weighted by Gasteiger charge is -2.34. The number of carbonyl (C=O) groups excluding carboxylic acids is 1. The van der Waals surface area contributed by atoms with Gasteiger partial charge < -0.3 is 14.5 Å². The molecule has 1 aliphatic rings. The molecule has 0 saturated carbocycles. The van der Waals surface area contributed by atoms with Crippen LogP contribution in [0.5, 0.6) is 5.75 Å².